The molecule has 0 radical (unpaired) electrons. The molecule has 0 aromatic heterocycles. The minimum Gasteiger partial charge on any atom is -0.276 e. The van der Waals surface area contributed by atoms with Crippen molar-refractivity contribution < 1.29 is 4.39 Å². The van der Waals surface area contributed by atoms with Gasteiger partial charge in [0.05, 0.1) is 17.6 Å². The standard InChI is InChI=1S/C14H10FN3S/c15-10-4-3-5-11(8-10)16-9-14-18-17-12-6-1-2-7-13(12)19-14/h1-9,17H. The maximum Gasteiger partial charge on any atom is 0.140 e. The molecule has 94 valence electrons. The van der Waals surface area contributed by atoms with Crippen LogP contribution in [0.3, 0.4) is 0 Å². The topological polar surface area (TPSA) is 36.8 Å². The maximum atomic E-state index is 13.0. The van der Waals surface area contributed by atoms with E-state index in [1.807, 2.05) is 24.3 Å². The van der Waals surface area contributed by atoms with Gasteiger partial charge in [0.15, 0.2) is 0 Å². The molecular formula is C14H10FN3S. The summed E-state index contributed by atoms with van der Waals surface area (Å²) in [5.41, 5.74) is 4.52. The van der Waals surface area contributed by atoms with Gasteiger partial charge in [-0.15, -0.1) is 0 Å². The van der Waals surface area contributed by atoms with Crippen molar-refractivity contribution in [3.8, 4) is 0 Å². The summed E-state index contributed by atoms with van der Waals surface area (Å²) < 4.78 is 13.0. The van der Waals surface area contributed by atoms with Crippen LogP contribution < -0.4 is 5.43 Å². The number of benzene rings is 2. The number of rotatable bonds is 2. The number of halogens is 1. The lowest BCUT2D eigenvalue weighted by Gasteiger charge is -2.13. The van der Waals surface area contributed by atoms with Crippen molar-refractivity contribution in [1.82, 2.24) is 0 Å². The summed E-state index contributed by atoms with van der Waals surface area (Å²) >= 11 is 1.52. The van der Waals surface area contributed by atoms with E-state index < -0.39 is 0 Å². The molecule has 0 aliphatic carbocycles. The Morgan fingerprint density at radius 3 is 2.95 bits per heavy atom. The van der Waals surface area contributed by atoms with Crippen LogP contribution in [0.25, 0.3) is 0 Å². The van der Waals surface area contributed by atoms with Gasteiger partial charge in [0.1, 0.15) is 10.9 Å². The maximum absolute atomic E-state index is 13.0. The molecule has 19 heavy (non-hydrogen) atoms. The van der Waals surface area contributed by atoms with Crippen LogP contribution in [0.5, 0.6) is 0 Å². The average molecular weight is 271 g/mol. The van der Waals surface area contributed by atoms with Crippen LogP contribution in [-0.4, -0.2) is 11.3 Å². The molecule has 5 heteroatoms. The van der Waals surface area contributed by atoms with Gasteiger partial charge < -0.3 is 0 Å². The third-order valence-electron chi connectivity index (χ3n) is 2.52. The van der Waals surface area contributed by atoms with Crippen LogP contribution in [0.2, 0.25) is 0 Å². The van der Waals surface area contributed by atoms with Crippen LogP contribution in [0.4, 0.5) is 15.8 Å². The quantitative estimate of drug-likeness (QED) is 0.836. The first-order valence-electron chi connectivity index (χ1n) is 5.71. The molecule has 1 aliphatic rings. The number of aliphatic imine (C=N–C) groups is 1. The smallest absolute Gasteiger partial charge is 0.140 e. The number of nitrogens with one attached hydrogen (secondary N) is 1. The Morgan fingerprint density at radius 2 is 2.05 bits per heavy atom. The Hall–Kier alpha value is -2.14. The van der Waals surface area contributed by atoms with Crippen molar-refractivity contribution in [2.45, 2.75) is 4.90 Å². The normalized spacial score (nSPS) is 13.8. The van der Waals surface area contributed by atoms with Gasteiger partial charge in [0.2, 0.25) is 0 Å². The molecule has 0 amide bonds. The zero-order valence-electron chi connectivity index (χ0n) is 9.88. The second-order valence-electron chi connectivity index (χ2n) is 3.90. The molecule has 1 aliphatic heterocycles. The molecule has 0 bridgehead atoms. The van der Waals surface area contributed by atoms with Gasteiger partial charge in [-0.1, -0.05) is 30.0 Å². The fourth-order valence-corrected chi connectivity index (χ4v) is 2.43. The number of para-hydroxylation sites is 1. The summed E-state index contributed by atoms with van der Waals surface area (Å²) in [6.07, 6.45) is 1.63. The van der Waals surface area contributed by atoms with Crippen molar-refractivity contribution in [2.75, 3.05) is 5.43 Å². The van der Waals surface area contributed by atoms with Crippen molar-refractivity contribution >= 4 is 34.4 Å². The molecular weight excluding hydrogens is 261 g/mol. The molecule has 3 rings (SSSR count). The molecule has 0 fully saturated rings. The Kier molecular flexibility index (Phi) is 3.29. The van der Waals surface area contributed by atoms with E-state index in [0.717, 1.165) is 15.6 Å². The first-order valence-corrected chi connectivity index (χ1v) is 6.53. The molecule has 3 nitrogen and oxygen atoms in total. The number of anilines is 1. The molecule has 0 atom stereocenters. The highest BCUT2D eigenvalue weighted by Gasteiger charge is 2.10. The van der Waals surface area contributed by atoms with E-state index >= 15 is 0 Å². The molecule has 0 spiro atoms. The summed E-state index contributed by atoms with van der Waals surface area (Å²) in [4.78, 5) is 5.30. The zero-order chi connectivity index (χ0) is 13.1. The fourth-order valence-electron chi connectivity index (χ4n) is 1.64. The number of hydrogen-bond acceptors (Lipinski definition) is 4. The summed E-state index contributed by atoms with van der Waals surface area (Å²) in [5, 5.41) is 4.93. The van der Waals surface area contributed by atoms with Gasteiger partial charge in [-0.25, -0.2) is 4.39 Å². The SMILES string of the molecule is Fc1cccc(N=CC2=NNc3ccccc3S2)c1. The van der Waals surface area contributed by atoms with Crippen molar-refractivity contribution in [3.05, 3.63) is 54.3 Å². The van der Waals surface area contributed by atoms with E-state index in [0.29, 0.717) is 5.69 Å². The molecule has 0 unspecified atom stereocenters. The minimum absolute atomic E-state index is 0.295. The van der Waals surface area contributed by atoms with E-state index in [1.165, 1.54) is 23.9 Å². The van der Waals surface area contributed by atoms with E-state index in [4.69, 9.17) is 0 Å². The number of fused-ring (bicyclic) bond motifs is 1. The molecule has 2 aromatic rings. The highest BCUT2D eigenvalue weighted by Crippen LogP contribution is 2.31. The minimum atomic E-state index is -0.295. The van der Waals surface area contributed by atoms with Gasteiger partial charge >= 0.3 is 0 Å². The van der Waals surface area contributed by atoms with Crippen LogP contribution >= 0.6 is 11.8 Å². The van der Waals surface area contributed by atoms with Crippen LogP contribution in [-0.2, 0) is 0 Å². The van der Waals surface area contributed by atoms with E-state index in [2.05, 4.69) is 15.5 Å². The lowest BCUT2D eigenvalue weighted by molar-refractivity contribution is 0.628. The van der Waals surface area contributed by atoms with Crippen LogP contribution in [0.1, 0.15) is 0 Å². The highest BCUT2D eigenvalue weighted by molar-refractivity contribution is 8.15. The van der Waals surface area contributed by atoms with E-state index in [1.54, 1.807) is 18.3 Å². The van der Waals surface area contributed by atoms with Crippen molar-refractivity contribution in [1.29, 1.82) is 0 Å². The Labute approximate surface area is 114 Å². The van der Waals surface area contributed by atoms with Crippen LogP contribution in [0, 0.1) is 5.82 Å². The average Bonchev–Trinajstić information content (AvgIpc) is 2.45. The third-order valence-corrected chi connectivity index (χ3v) is 3.50. The lowest BCUT2D eigenvalue weighted by atomic mass is 10.3. The first-order chi connectivity index (χ1) is 9.31. The van der Waals surface area contributed by atoms with Gasteiger partial charge in [0.25, 0.3) is 0 Å². The van der Waals surface area contributed by atoms with Crippen molar-refractivity contribution in [3.63, 3.8) is 0 Å². The van der Waals surface area contributed by atoms with E-state index in [-0.39, 0.29) is 5.82 Å². The highest BCUT2D eigenvalue weighted by atomic mass is 32.2. The second kappa shape index (κ2) is 5.24. The fraction of sp³-hybridized carbons (Fsp3) is 0. The van der Waals surface area contributed by atoms with Gasteiger partial charge in [-0.2, -0.15) is 5.10 Å². The lowest BCUT2D eigenvalue weighted by Crippen LogP contribution is -2.05. The Morgan fingerprint density at radius 1 is 1.16 bits per heavy atom. The summed E-state index contributed by atoms with van der Waals surface area (Å²) in [6, 6.07) is 14.0. The van der Waals surface area contributed by atoms with Crippen molar-refractivity contribution in [2.24, 2.45) is 10.1 Å². The molecule has 0 saturated carbocycles. The largest absolute Gasteiger partial charge is 0.276 e. The molecule has 2 aromatic carbocycles. The van der Waals surface area contributed by atoms with Gasteiger partial charge in [-0.05, 0) is 30.3 Å². The molecule has 1 heterocycles. The predicted molar refractivity (Wildman–Crippen MR) is 77.9 cm³/mol. The third kappa shape index (κ3) is 2.82. The summed E-state index contributed by atoms with van der Waals surface area (Å²) in [7, 11) is 0. The molecule has 0 saturated heterocycles. The second-order valence-corrected chi connectivity index (χ2v) is 4.96. The Bertz CT molecular complexity index is 667. The zero-order valence-corrected chi connectivity index (χ0v) is 10.7. The number of nitrogens with zero attached hydrogens (tertiary/aromatic N) is 2. The number of thioether (sulfide) groups is 1. The van der Waals surface area contributed by atoms with Gasteiger partial charge in [-0.3, -0.25) is 10.4 Å². The van der Waals surface area contributed by atoms with Crippen LogP contribution in [0.15, 0.2) is 63.5 Å². The summed E-state index contributed by atoms with van der Waals surface area (Å²) in [6.45, 7) is 0. The van der Waals surface area contributed by atoms with E-state index in [9.17, 15) is 4.39 Å². The van der Waals surface area contributed by atoms with Gasteiger partial charge in [0, 0.05) is 4.90 Å². The number of hydrazone groups is 1. The molecule has 1 N–H and O–H groups in total. The predicted octanol–water partition coefficient (Wildman–Crippen LogP) is 4.06. The Balaban J connectivity index is 1.77. The first kappa shape index (κ1) is 11.9. The summed E-state index contributed by atoms with van der Waals surface area (Å²) in [5.74, 6) is -0.295. The number of hydrogen-bond donors (Lipinski definition) is 1. The monoisotopic (exact) mass is 271 g/mol.